The Hall–Kier alpha value is -2.14. The lowest BCUT2D eigenvalue weighted by atomic mass is 9.66. The van der Waals surface area contributed by atoms with Crippen LogP contribution in [0.4, 0.5) is 5.82 Å². The number of benzene rings is 1. The number of hydrogen-bond acceptors (Lipinski definition) is 8. The van der Waals surface area contributed by atoms with Crippen molar-refractivity contribution in [2.75, 3.05) is 51.3 Å². The molecule has 2 aliphatic carbocycles. The van der Waals surface area contributed by atoms with E-state index in [4.69, 9.17) is 14.5 Å². The quantitative estimate of drug-likeness (QED) is 0.368. The van der Waals surface area contributed by atoms with Gasteiger partial charge in [-0.15, -0.1) is 12.4 Å². The molecule has 1 spiro atoms. The third kappa shape index (κ3) is 6.37. The van der Waals surface area contributed by atoms with Crippen molar-refractivity contribution < 1.29 is 17.9 Å². The SMILES string of the molecule is COc1ccc(C)c(S(=O)(=O)N(CCOc2nccc(N3CCC4(CCC(N5CCC5)CC4)CC3)n2)C2CC2)c1C.Cl. The molecule has 0 amide bonds. The van der Waals surface area contributed by atoms with Crippen molar-refractivity contribution in [3.8, 4) is 11.8 Å². The molecule has 4 aliphatic rings. The van der Waals surface area contributed by atoms with Crippen LogP contribution in [0.2, 0.25) is 0 Å². The molecule has 6 rings (SSSR count). The zero-order valence-corrected chi connectivity index (χ0v) is 26.9. The van der Waals surface area contributed by atoms with Crippen molar-refractivity contribution in [3.63, 3.8) is 0 Å². The van der Waals surface area contributed by atoms with E-state index in [0.29, 0.717) is 27.6 Å². The zero-order valence-electron chi connectivity index (χ0n) is 25.3. The number of ether oxygens (including phenoxy) is 2. The zero-order chi connectivity index (χ0) is 28.6. The molecule has 3 heterocycles. The lowest BCUT2D eigenvalue weighted by Gasteiger charge is -2.49. The van der Waals surface area contributed by atoms with Crippen LogP contribution in [-0.2, 0) is 10.0 Å². The summed E-state index contributed by atoms with van der Waals surface area (Å²) in [6.45, 7) is 8.72. The van der Waals surface area contributed by atoms with Gasteiger partial charge in [0.15, 0.2) is 0 Å². The maximum Gasteiger partial charge on any atom is 0.318 e. The van der Waals surface area contributed by atoms with E-state index < -0.39 is 10.0 Å². The largest absolute Gasteiger partial charge is 0.496 e. The number of hydrogen-bond donors (Lipinski definition) is 0. The van der Waals surface area contributed by atoms with Crippen LogP contribution in [0.25, 0.3) is 0 Å². The van der Waals surface area contributed by atoms with Crippen molar-refractivity contribution in [2.45, 2.75) is 88.6 Å². The van der Waals surface area contributed by atoms with Gasteiger partial charge >= 0.3 is 6.01 Å². The topological polar surface area (TPSA) is 88.1 Å². The fourth-order valence-electron chi connectivity index (χ4n) is 7.21. The summed E-state index contributed by atoms with van der Waals surface area (Å²) in [5, 5.41) is 0. The molecule has 9 nitrogen and oxygen atoms in total. The first kappa shape index (κ1) is 31.3. The van der Waals surface area contributed by atoms with Gasteiger partial charge < -0.3 is 19.3 Å². The van der Waals surface area contributed by atoms with Crippen LogP contribution in [-0.4, -0.2) is 86.1 Å². The maximum absolute atomic E-state index is 13.8. The van der Waals surface area contributed by atoms with Gasteiger partial charge in [0.05, 0.1) is 12.0 Å². The second kappa shape index (κ2) is 12.8. The summed E-state index contributed by atoms with van der Waals surface area (Å²) >= 11 is 0. The highest BCUT2D eigenvalue weighted by atomic mass is 35.5. The molecule has 42 heavy (non-hydrogen) atoms. The van der Waals surface area contributed by atoms with Gasteiger partial charge in [0.1, 0.15) is 18.2 Å². The Morgan fingerprint density at radius 1 is 1.00 bits per heavy atom. The number of nitrogens with zero attached hydrogens (tertiary/aromatic N) is 5. The average Bonchev–Trinajstić information content (AvgIpc) is 3.77. The third-order valence-electron chi connectivity index (χ3n) is 10.0. The summed E-state index contributed by atoms with van der Waals surface area (Å²) in [6, 6.07) is 6.71. The molecule has 2 aromatic rings. The van der Waals surface area contributed by atoms with Gasteiger partial charge in [-0.2, -0.15) is 9.29 Å². The van der Waals surface area contributed by atoms with E-state index in [0.717, 1.165) is 43.4 Å². The van der Waals surface area contributed by atoms with E-state index in [1.54, 1.807) is 30.6 Å². The molecule has 2 saturated carbocycles. The highest BCUT2D eigenvalue weighted by Crippen LogP contribution is 2.46. The van der Waals surface area contributed by atoms with Gasteiger partial charge in [-0.25, -0.2) is 13.4 Å². The number of anilines is 1. The summed E-state index contributed by atoms with van der Waals surface area (Å²) in [5.74, 6) is 1.47. The van der Waals surface area contributed by atoms with Gasteiger partial charge in [-0.1, -0.05) is 6.07 Å². The van der Waals surface area contributed by atoms with Crippen molar-refractivity contribution in [2.24, 2.45) is 5.41 Å². The second-order valence-electron chi connectivity index (χ2n) is 12.5. The lowest BCUT2D eigenvalue weighted by Crippen LogP contribution is -2.49. The molecule has 0 atom stereocenters. The minimum atomic E-state index is -3.71. The van der Waals surface area contributed by atoms with Crippen LogP contribution in [0, 0.1) is 19.3 Å². The molecule has 1 aromatic carbocycles. The predicted octanol–water partition coefficient (Wildman–Crippen LogP) is 4.99. The summed E-state index contributed by atoms with van der Waals surface area (Å²) in [7, 11) is -2.14. The number of rotatable bonds is 10. The van der Waals surface area contributed by atoms with Crippen molar-refractivity contribution >= 4 is 28.2 Å². The molecule has 2 saturated heterocycles. The van der Waals surface area contributed by atoms with E-state index in [2.05, 4.69) is 14.8 Å². The van der Waals surface area contributed by atoms with Crippen LogP contribution in [0.15, 0.2) is 29.3 Å². The minimum absolute atomic E-state index is 0. The van der Waals surface area contributed by atoms with Crippen LogP contribution >= 0.6 is 12.4 Å². The number of halogens is 1. The molecular formula is C31H46ClN5O4S. The van der Waals surface area contributed by atoms with Crippen LogP contribution in [0.5, 0.6) is 11.8 Å². The molecule has 0 bridgehead atoms. The van der Waals surface area contributed by atoms with Gasteiger partial charge in [0.25, 0.3) is 0 Å². The first-order valence-electron chi connectivity index (χ1n) is 15.4. The van der Waals surface area contributed by atoms with Gasteiger partial charge in [-0.3, -0.25) is 0 Å². The number of aromatic nitrogens is 2. The molecule has 0 N–H and O–H groups in total. The third-order valence-corrected chi connectivity index (χ3v) is 12.3. The minimum Gasteiger partial charge on any atom is -0.496 e. The normalized spacial score (nSPS) is 21.2. The van der Waals surface area contributed by atoms with Gasteiger partial charge in [0, 0.05) is 43.5 Å². The summed E-state index contributed by atoms with van der Waals surface area (Å²) < 4.78 is 40.6. The number of sulfonamides is 1. The van der Waals surface area contributed by atoms with Gasteiger partial charge in [-0.05, 0) is 108 Å². The molecule has 232 valence electrons. The smallest absolute Gasteiger partial charge is 0.318 e. The predicted molar refractivity (Wildman–Crippen MR) is 166 cm³/mol. The number of aryl methyl sites for hydroxylation is 1. The Balaban J connectivity index is 0.00000353. The van der Waals surface area contributed by atoms with Crippen LogP contribution in [0.1, 0.15) is 68.9 Å². The fourth-order valence-corrected chi connectivity index (χ4v) is 9.32. The highest BCUT2D eigenvalue weighted by Gasteiger charge is 2.41. The molecule has 4 fully saturated rings. The van der Waals surface area contributed by atoms with Crippen molar-refractivity contribution in [1.29, 1.82) is 0 Å². The molecule has 0 unspecified atom stereocenters. The molecule has 0 radical (unpaired) electrons. The number of likely N-dealkylation sites (tertiary alicyclic amines) is 1. The summed E-state index contributed by atoms with van der Waals surface area (Å²) in [5.41, 5.74) is 1.86. The average molecular weight is 620 g/mol. The second-order valence-corrected chi connectivity index (χ2v) is 14.4. The Kier molecular flexibility index (Phi) is 9.57. The molecular weight excluding hydrogens is 574 g/mol. The number of piperidine rings is 1. The van der Waals surface area contributed by atoms with E-state index in [-0.39, 0.29) is 31.6 Å². The maximum atomic E-state index is 13.8. The van der Waals surface area contributed by atoms with Crippen molar-refractivity contribution in [1.82, 2.24) is 19.2 Å². The van der Waals surface area contributed by atoms with Gasteiger partial charge in [0.2, 0.25) is 10.0 Å². The van der Waals surface area contributed by atoms with E-state index in [1.165, 1.54) is 58.0 Å². The van der Waals surface area contributed by atoms with Crippen LogP contribution < -0.4 is 14.4 Å². The first-order chi connectivity index (χ1) is 19.8. The van der Waals surface area contributed by atoms with Crippen molar-refractivity contribution in [3.05, 3.63) is 35.5 Å². The highest BCUT2D eigenvalue weighted by molar-refractivity contribution is 7.89. The van der Waals surface area contributed by atoms with E-state index >= 15 is 0 Å². The van der Waals surface area contributed by atoms with E-state index in [9.17, 15) is 8.42 Å². The molecule has 11 heteroatoms. The first-order valence-corrected chi connectivity index (χ1v) is 16.8. The summed E-state index contributed by atoms with van der Waals surface area (Å²) in [4.78, 5) is 14.4. The Bertz CT molecular complexity index is 1330. The monoisotopic (exact) mass is 619 g/mol. The fraction of sp³-hybridized carbons (Fsp3) is 0.677. The standard InChI is InChI=1S/C31H45N5O4S.ClH/c1-23-5-8-27(39-3)24(2)29(23)41(37,38)36(26-6-7-26)21-22-40-30-32-16-11-28(33-30)35-19-14-31(15-20-35)12-9-25(10-13-31)34-17-4-18-34;/h5,8,11,16,25-26H,4,6-7,9-10,12-15,17-22H2,1-3H3;1H. The Morgan fingerprint density at radius 3 is 2.33 bits per heavy atom. The Morgan fingerprint density at radius 2 is 1.71 bits per heavy atom. The van der Waals surface area contributed by atoms with E-state index in [1.807, 2.05) is 19.1 Å². The molecule has 2 aliphatic heterocycles. The summed E-state index contributed by atoms with van der Waals surface area (Å²) in [6.07, 6.45) is 12.7. The van der Waals surface area contributed by atoms with Crippen LogP contribution in [0.3, 0.4) is 0 Å². The number of methoxy groups -OCH3 is 1. The lowest BCUT2D eigenvalue weighted by molar-refractivity contribution is 0.0387. The Labute approximate surface area is 257 Å². The molecule has 1 aromatic heterocycles.